The number of nitrogens with one attached hydrogen (secondary N) is 1. The molecule has 0 fully saturated rings. The van der Waals surface area contributed by atoms with Crippen molar-refractivity contribution in [2.75, 3.05) is 4.72 Å². The van der Waals surface area contributed by atoms with Gasteiger partial charge in [0.2, 0.25) is 0 Å². The molecule has 0 radical (unpaired) electrons. The van der Waals surface area contributed by atoms with E-state index in [0.717, 1.165) is 5.41 Å². The highest BCUT2D eigenvalue weighted by Crippen LogP contribution is 2.16. The molecule has 0 atom stereocenters. The summed E-state index contributed by atoms with van der Waals surface area (Å²) in [5, 5.41) is 1.59. The number of nitrogens with zero attached hydrogens (tertiary/aromatic N) is 2. The summed E-state index contributed by atoms with van der Waals surface area (Å²) < 4.78 is 30.2. The number of halogens is 1. The second kappa shape index (κ2) is 7.46. The fraction of sp³-hybridized carbons (Fsp3) is 0.105. The van der Waals surface area contributed by atoms with Crippen LogP contribution in [-0.2, 0) is 17.1 Å². The van der Waals surface area contributed by atoms with E-state index in [1.165, 1.54) is 10.8 Å². The van der Waals surface area contributed by atoms with E-state index in [0.29, 0.717) is 22.0 Å². The maximum atomic E-state index is 12.8. The Balaban J connectivity index is 1.93. The van der Waals surface area contributed by atoms with Crippen LogP contribution in [0.25, 0.3) is 11.8 Å². The van der Waals surface area contributed by atoms with Gasteiger partial charge >= 0.3 is 0 Å². The van der Waals surface area contributed by atoms with E-state index in [9.17, 15) is 13.2 Å². The van der Waals surface area contributed by atoms with Crippen LogP contribution in [0, 0.1) is 6.92 Å². The Kier molecular flexibility index (Phi) is 5.25. The van der Waals surface area contributed by atoms with Crippen LogP contribution in [-0.4, -0.2) is 17.8 Å². The molecule has 6 nitrogen and oxygen atoms in total. The molecule has 1 heterocycles. The highest BCUT2D eigenvalue weighted by molar-refractivity contribution is 7.95. The summed E-state index contributed by atoms with van der Waals surface area (Å²) in [5.41, 5.74) is 1.41. The first-order chi connectivity index (χ1) is 12.8. The van der Waals surface area contributed by atoms with E-state index in [1.807, 2.05) is 18.2 Å². The quantitative estimate of drug-likeness (QED) is 0.708. The predicted octanol–water partition coefficient (Wildman–Crippen LogP) is 3.55. The lowest BCUT2D eigenvalue weighted by Gasteiger charge is -2.07. The highest BCUT2D eigenvalue weighted by atomic mass is 35.5. The van der Waals surface area contributed by atoms with Crippen molar-refractivity contribution in [1.29, 1.82) is 0 Å². The molecule has 0 unspecified atom stereocenters. The van der Waals surface area contributed by atoms with Gasteiger partial charge in [0.1, 0.15) is 5.69 Å². The van der Waals surface area contributed by atoms with E-state index >= 15 is 0 Å². The first-order valence-corrected chi connectivity index (χ1v) is 10.0. The van der Waals surface area contributed by atoms with Crippen molar-refractivity contribution in [1.82, 2.24) is 9.36 Å². The van der Waals surface area contributed by atoms with Crippen LogP contribution < -0.4 is 10.3 Å². The van der Waals surface area contributed by atoms with Crippen molar-refractivity contribution in [2.45, 2.75) is 6.92 Å². The molecule has 0 aliphatic rings. The summed E-state index contributed by atoms with van der Waals surface area (Å²) in [7, 11) is -2.16. The molecule has 0 spiro atoms. The van der Waals surface area contributed by atoms with Gasteiger partial charge in [-0.25, -0.2) is 13.1 Å². The number of rotatable bonds is 5. The van der Waals surface area contributed by atoms with Crippen molar-refractivity contribution >= 4 is 33.4 Å². The van der Waals surface area contributed by atoms with E-state index in [4.69, 9.17) is 11.6 Å². The molecule has 140 valence electrons. The van der Waals surface area contributed by atoms with Gasteiger partial charge in [0.05, 0.1) is 16.8 Å². The molecule has 0 bridgehead atoms. The fourth-order valence-electron chi connectivity index (χ4n) is 2.60. The summed E-state index contributed by atoms with van der Waals surface area (Å²) in [6.45, 7) is 1.68. The van der Waals surface area contributed by atoms with Crippen LogP contribution in [0.2, 0.25) is 5.02 Å². The standard InChI is InChI=1S/C19H18ClN3O3S/c1-14-18(19(24)23(22(14)2)17-6-4-3-5-7-17)21-27(25,26)13-12-15-8-10-16(20)11-9-15/h3-13,21H,1-2H3/b13-12+. The number of sulfonamides is 1. The first-order valence-electron chi connectivity index (χ1n) is 8.09. The number of benzene rings is 2. The Labute approximate surface area is 162 Å². The van der Waals surface area contributed by atoms with Gasteiger partial charge in [0, 0.05) is 12.1 Å². The third-order valence-electron chi connectivity index (χ3n) is 4.11. The van der Waals surface area contributed by atoms with E-state index in [1.54, 1.807) is 55.1 Å². The normalized spacial score (nSPS) is 11.8. The monoisotopic (exact) mass is 403 g/mol. The van der Waals surface area contributed by atoms with Gasteiger partial charge in [-0.1, -0.05) is 41.9 Å². The number of aromatic nitrogens is 2. The molecular formula is C19H18ClN3O3S. The van der Waals surface area contributed by atoms with Gasteiger partial charge < -0.3 is 0 Å². The molecule has 0 saturated heterocycles. The molecule has 2 aromatic carbocycles. The van der Waals surface area contributed by atoms with E-state index in [2.05, 4.69) is 4.72 Å². The minimum absolute atomic E-state index is 0.0158. The van der Waals surface area contributed by atoms with Gasteiger partial charge in [0.25, 0.3) is 15.6 Å². The molecular weight excluding hydrogens is 386 g/mol. The number of hydrogen-bond donors (Lipinski definition) is 1. The largest absolute Gasteiger partial charge is 0.296 e. The van der Waals surface area contributed by atoms with Crippen LogP contribution in [0.5, 0.6) is 0 Å². The average molecular weight is 404 g/mol. The second-order valence-corrected chi connectivity index (χ2v) is 7.94. The fourth-order valence-corrected chi connectivity index (χ4v) is 3.65. The molecule has 0 aliphatic heterocycles. The van der Waals surface area contributed by atoms with Gasteiger partial charge in [-0.3, -0.25) is 14.2 Å². The Morgan fingerprint density at radius 2 is 1.67 bits per heavy atom. The van der Waals surface area contributed by atoms with Gasteiger partial charge in [0.15, 0.2) is 0 Å². The molecule has 3 aromatic rings. The third-order valence-corrected chi connectivity index (χ3v) is 5.34. The zero-order valence-corrected chi connectivity index (χ0v) is 16.3. The molecule has 0 saturated carbocycles. The van der Waals surface area contributed by atoms with Gasteiger partial charge in [-0.2, -0.15) is 0 Å². The molecule has 3 rings (SSSR count). The van der Waals surface area contributed by atoms with Crippen molar-refractivity contribution in [3.63, 3.8) is 0 Å². The van der Waals surface area contributed by atoms with Crippen molar-refractivity contribution in [3.8, 4) is 5.69 Å². The summed E-state index contributed by atoms with van der Waals surface area (Å²) in [5.74, 6) is 0. The second-order valence-electron chi connectivity index (χ2n) is 5.94. The van der Waals surface area contributed by atoms with Crippen LogP contribution >= 0.6 is 11.6 Å². The summed E-state index contributed by atoms with van der Waals surface area (Å²) in [6.07, 6.45) is 1.44. The van der Waals surface area contributed by atoms with E-state index in [-0.39, 0.29) is 5.69 Å². The zero-order chi connectivity index (χ0) is 19.6. The predicted molar refractivity (Wildman–Crippen MR) is 109 cm³/mol. The first kappa shape index (κ1) is 19.0. The third kappa shape index (κ3) is 4.15. The lowest BCUT2D eigenvalue weighted by atomic mass is 10.2. The summed E-state index contributed by atoms with van der Waals surface area (Å²) >= 11 is 5.82. The highest BCUT2D eigenvalue weighted by Gasteiger charge is 2.19. The van der Waals surface area contributed by atoms with E-state index < -0.39 is 15.6 Å². The van der Waals surface area contributed by atoms with Crippen LogP contribution in [0.3, 0.4) is 0 Å². The maximum Gasteiger partial charge on any atom is 0.296 e. The number of hydrogen-bond acceptors (Lipinski definition) is 3. The van der Waals surface area contributed by atoms with Crippen molar-refractivity contribution < 1.29 is 8.42 Å². The molecule has 0 aliphatic carbocycles. The summed E-state index contributed by atoms with van der Waals surface area (Å²) in [6, 6.07) is 15.7. The minimum atomic E-state index is -3.86. The van der Waals surface area contributed by atoms with Crippen molar-refractivity contribution in [3.05, 3.63) is 86.6 Å². The maximum absolute atomic E-state index is 12.8. The molecule has 27 heavy (non-hydrogen) atoms. The van der Waals surface area contributed by atoms with Crippen LogP contribution in [0.1, 0.15) is 11.3 Å². The Morgan fingerprint density at radius 3 is 2.30 bits per heavy atom. The Bertz CT molecular complexity index is 1150. The topological polar surface area (TPSA) is 73.1 Å². The van der Waals surface area contributed by atoms with Gasteiger partial charge in [-0.05, 0) is 42.8 Å². The Morgan fingerprint density at radius 1 is 1.04 bits per heavy atom. The van der Waals surface area contributed by atoms with Crippen LogP contribution in [0.4, 0.5) is 5.69 Å². The average Bonchev–Trinajstić information content (AvgIpc) is 2.85. The Hall–Kier alpha value is -2.77. The molecule has 1 N–H and O–H groups in total. The molecule has 0 amide bonds. The minimum Gasteiger partial charge on any atom is -0.283 e. The zero-order valence-electron chi connectivity index (χ0n) is 14.8. The molecule has 1 aromatic heterocycles. The smallest absolute Gasteiger partial charge is 0.283 e. The van der Waals surface area contributed by atoms with Crippen molar-refractivity contribution in [2.24, 2.45) is 7.05 Å². The SMILES string of the molecule is Cc1c(NS(=O)(=O)/C=C/c2ccc(Cl)cc2)c(=O)n(-c2ccccc2)n1C. The summed E-state index contributed by atoms with van der Waals surface area (Å²) in [4.78, 5) is 12.8. The number of anilines is 1. The lowest BCUT2D eigenvalue weighted by Crippen LogP contribution is -2.22. The molecule has 8 heteroatoms. The van der Waals surface area contributed by atoms with Crippen LogP contribution in [0.15, 0.2) is 64.8 Å². The number of para-hydroxylation sites is 1. The lowest BCUT2D eigenvalue weighted by molar-refractivity contribution is 0.609. The van der Waals surface area contributed by atoms with Gasteiger partial charge in [-0.15, -0.1) is 0 Å².